The molecule has 0 aliphatic carbocycles. The van der Waals surface area contributed by atoms with Gasteiger partial charge in [-0.05, 0) is 25.0 Å². The number of hydrogen-bond acceptors (Lipinski definition) is 6. The third-order valence-electron chi connectivity index (χ3n) is 7.94. The molecule has 0 radical (unpaired) electrons. The van der Waals surface area contributed by atoms with Gasteiger partial charge in [0, 0.05) is 11.8 Å². The smallest absolute Gasteiger partial charge is 0.111 e. The third-order valence-corrected chi connectivity index (χ3v) is 7.94. The molecular formula is C30H38N6O2. The summed E-state index contributed by atoms with van der Waals surface area (Å²) in [7, 11) is 0. The van der Waals surface area contributed by atoms with Crippen LogP contribution in [0.15, 0.2) is 60.9 Å². The van der Waals surface area contributed by atoms with Crippen molar-refractivity contribution >= 4 is 0 Å². The lowest BCUT2D eigenvalue weighted by Crippen LogP contribution is -2.60. The van der Waals surface area contributed by atoms with Crippen molar-refractivity contribution in [1.29, 1.82) is 0 Å². The molecule has 8 heteroatoms. The summed E-state index contributed by atoms with van der Waals surface area (Å²) in [4.78, 5) is 15.7. The van der Waals surface area contributed by atoms with Gasteiger partial charge >= 0.3 is 0 Å². The summed E-state index contributed by atoms with van der Waals surface area (Å²) in [6, 6.07) is 16.8. The lowest BCUT2D eigenvalue weighted by atomic mass is 9.84. The van der Waals surface area contributed by atoms with E-state index in [0.29, 0.717) is 26.4 Å². The molecule has 4 heterocycles. The Labute approximate surface area is 224 Å². The predicted octanol–water partition coefficient (Wildman–Crippen LogP) is 4.43. The minimum absolute atomic E-state index is 0.167. The van der Waals surface area contributed by atoms with Gasteiger partial charge in [0.25, 0.3) is 0 Å². The summed E-state index contributed by atoms with van der Waals surface area (Å²) < 4.78 is 10.4. The van der Waals surface area contributed by atoms with Crippen molar-refractivity contribution in [2.75, 3.05) is 26.4 Å². The van der Waals surface area contributed by atoms with E-state index in [1.165, 1.54) is 11.1 Å². The van der Waals surface area contributed by atoms with Gasteiger partial charge in [0.1, 0.15) is 11.6 Å². The van der Waals surface area contributed by atoms with E-state index in [1.807, 2.05) is 12.4 Å². The number of hydrogen-bond donors (Lipinski definition) is 4. The molecule has 200 valence electrons. The summed E-state index contributed by atoms with van der Waals surface area (Å²) in [5, 5.41) is 0. The van der Waals surface area contributed by atoms with Gasteiger partial charge in [-0.3, -0.25) is 0 Å². The largest absolute Gasteiger partial charge is 0.377 e. The average Bonchev–Trinajstić information content (AvgIpc) is 3.57. The molecule has 2 saturated heterocycles. The number of ether oxygens (including phenoxy) is 2. The molecule has 2 aromatic carbocycles. The van der Waals surface area contributed by atoms with Crippen LogP contribution in [0.5, 0.6) is 0 Å². The Balaban J connectivity index is 0.000000155. The summed E-state index contributed by atoms with van der Waals surface area (Å²) in [5.74, 6) is 2.20. The van der Waals surface area contributed by atoms with Crippen molar-refractivity contribution in [1.82, 2.24) is 19.9 Å². The highest BCUT2D eigenvalue weighted by molar-refractivity contribution is 5.59. The lowest BCUT2D eigenvalue weighted by molar-refractivity contribution is -0.0655. The van der Waals surface area contributed by atoms with Crippen LogP contribution in [0.2, 0.25) is 0 Å². The number of imidazole rings is 2. The summed E-state index contributed by atoms with van der Waals surface area (Å²) in [5.41, 5.74) is 18.8. The Kier molecular flexibility index (Phi) is 7.24. The Morgan fingerprint density at radius 3 is 1.29 bits per heavy atom. The zero-order chi connectivity index (χ0) is 26.9. The molecule has 2 fully saturated rings. The standard InChI is InChI=1S/2C15H19N3O/c2*1-10-3-5-12(6-4-10)13-7-17-14(18-13)11(2)15(16)8-19-9-15/h2*3-7,11H,8-9,16H2,1-2H3,(H,17,18)/t2*11-/m10/s1. The topological polar surface area (TPSA) is 128 Å². The number of nitrogens with two attached hydrogens (primary N) is 2. The molecule has 6 rings (SSSR count). The van der Waals surface area contributed by atoms with Crippen LogP contribution in [-0.4, -0.2) is 57.4 Å². The SMILES string of the molecule is Cc1ccc(-c2cnc([C@@H](C)C3(N)COC3)[nH]2)cc1.Cc1ccc(-c2cnc([C@H](C)C3(N)COC3)[nH]2)cc1. The first-order chi connectivity index (χ1) is 18.2. The van der Waals surface area contributed by atoms with Gasteiger partial charge in [0.15, 0.2) is 0 Å². The first-order valence-corrected chi connectivity index (χ1v) is 13.1. The summed E-state index contributed by atoms with van der Waals surface area (Å²) in [6.45, 7) is 10.8. The second kappa shape index (κ2) is 10.5. The van der Waals surface area contributed by atoms with Gasteiger partial charge in [-0.25, -0.2) is 9.97 Å². The number of nitrogens with one attached hydrogen (secondary N) is 2. The van der Waals surface area contributed by atoms with Gasteiger partial charge in [-0.1, -0.05) is 73.5 Å². The van der Waals surface area contributed by atoms with Gasteiger partial charge in [0.2, 0.25) is 0 Å². The van der Waals surface area contributed by atoms with E-state index in [1.54, 1.807) is 0 Å². The predicted molar refractivity (Wildman–Crippen MR) is 150 cm³/mol. The molecule has 6 N–H and O–H groups in total. The van der Waals surface area contributed by atoms with Crippen molar-refractivity contribution in [2.45, 2.75) is 50.6 Å². The number of benzene rings is 2. The molecule has 0 amide bonds. The molecule has 2 aromatic heterocycles. The third kappa shape index (κ3) is 5.31. The van der Waals surface area contributed by atoms with Crippen LogP contribution < -0.4 is 11.5 Å². The van der Waals surface area contributed by atoms with Gasteiger partial charge in [-0.15, -0.1) is 0 Å². The molecule has 38 heavy (non-hydrogen) atoms. The van der Waals surface area contributed by atoms with Crippen molar-refractivity contribution in [2.24, 2.45) is 11.5 Å². The van der Waals surface area contributed by atoms with Crippen LogP contribution in [0.4, 0.5) is 0 Å². The van der Waals surface area contributed by atoms with E-state index in [-0.39, 0.29) is 22.9 Å². The molecule has 0 unspecified atom stereocenters. The van der Waals surface area contributed by atoms with Gasteiger partial charge in [0.05, 0.1) is 61.3 Å². The number of nitrogens with zero attached hydrogens (tertiary/aromatic N) is 2. The second-order valence-corrected chi connectivity index (χ2v) is 11.0. The normalized spacial score (nSPS) is 18.9. The van der Waals surface area contributed by atoms with Crippen LogP contribution >= 0.6 is 0 Å². The molecule has 2 aliphatic heterocycles. The minimum atomic E-state index is -0.275. The van der Waals surface area contributed by atoms with E-state index in [0.717, 1.165) is 34.2 Å². The molecular weight excluding hydrogens is 476 g/mol. The Bertz CT molecular complexity index is 1240. The number of H-pyrrole nitrogens is 2. The van der Waals surface area contributed by atoms with Crippen LogP contribution in [0.25, 0.3) is 22.5 Å². The first-order valence-electron chi connectivity index (χ1n) is 13.1. The summed E-state index contributed by atoms with van der Waals surface area (Å²) >= 11 is 0. The molecule has 8 nitrogen and oxygen atoms in total. The summed E-state index contributed by atoms with van der Waals surface area (Å²) in [6.07, 6.45) is 3.75. The van der Waals surface area contributed by atoms with Crippen molar-refractivity contribution in [3.05, 3.63) is 83.7 Å². The Morgan fingerprint density at radius 1 is 0.658 bits per heavy atom. The van der Waals surface area contributed by atoms with E-state index < -0.39 is 0 Å². The number of aromatic amines is 2. The van der Waals surface area contributed by atoms with Gasteiger partial charge < -0.3 is 30.9 Å². The zero-order valence-corrected chi connectivity index (χ0v) is 22.6. The fourth-order valence-electron chi connectivity index (χ4n) is 4.59. The number of aromatic nitrogens is 4. The quantitative estimate of drug-likeness (QED) is 0.301. The maximum Gasteiger partial charge on any atom is 0.111 e. The van der Waals surface area contributed by atoms with Gasteiger partial charge in [-0.2, -0.15) is 0 Å². The lowest BCUT2D eigenvalue weighted by Gasteiger charge is -2.41. The van der Waals surface area contributed by atoms with Crippen LogP contribution in [0, 0.1) is 13.8 Å². The molecule has 0 spiro atoms. The molecule has 2 aliphatic rings. The zero-order valence-electron chi connectivity index (χ0n) is 22.6. The van der Waals surface area contributed by atoms with Crippen LogP contribution in [0.1, 0.15) is 48.5 Å². The maximum absolute atomic E-state index is 6.26. The van der Waals surface area contributed by atoms with Crippen molar-refractivity contribution in [3.63, 3.8) is 0 Å². The molecule has 0 saturated carbocycles. The fraction of sp³-hybridized carbons (Fsp3) is 0.400. The minimum Gasteiger partial charge on any atom is -0.377 e. The molecule has 0 bridgehead atoms. The fourth-order valence-corrected chi connectivity index (χ4v) is 4.59. The van der Waals surface area contributed by atoms with Crippen molar-refractivity contribution < 1.29 is 9.47 Å². The highest BCUT2D eigenvalue weighted by Gasteiger charge is 2.42. The Morgan fingerprint density at radius 2 is 1.00 bits per heavy atom. The highest BCUT2D eigenvalue weighted by Crippen LogP contribution is 2.32. The molecule has 2 atom stereocenters. The monoisotopic (exact) mass is 514 g/mol. The van der Waals surface area contributed by atoms with Crippen molar-refractivity contribution in [3.8, 4) is 22.5 Å². The first kappa shape index (κ1) is 26.3. The second-order valence-electron chi connectivity index (χ2n) is 11.0. The van der Waals surface area contributed by atoms with E-state index >= 15 is 0 Å². The van der Waals surface area contributed by atoms with E-state index in [9.17, 15) is 0 Å². The van der Waals surface area contributed by atoms with Crippen LogP contribution in [0.3, 0.4) is 0 Å². The van der Waals surface area contributed by atoms with E-state index in [4.69, 9.17) is 20.9 Å². The van der Waals surface area contributed by atoms with Crippen LogP contribution in [-0.2, 0) is 9.47 Å². The number of aryl methyl sites for hydroxylation is 2. The Hall–Kier alpha value is -3.30. The highest BCUT2D eigenvalue weighted by atomic mass is 16.5. The number of rotatable bonds is 6. The molecule has 4 aromatic rings. The average molecular weight is 515 g/mol. The van der Waals surface area contributed by atoms with E-state index in [2.05, 4.69) is 96.2 Å². The maximum atomic E-state index is 6.26.